The monoisotopic (exact) mass is 130 g/mol. The maximum atomic E-state index is 9.18. The van der Waals surface area contributed by atoms with Gasteiger partial charge in [-0.1, -0.05) is 27.2 Å². The zero-order valence-electron chi connectivity index (χ0n) is 5.43. The van der Waals surface area contributed by atoms with E-state index in [0.717, 1.165) is 6.42 Å². The summed E-state index contributed by atoms with van der Waals surface area (Å²) in [5.41, 5.74) is 0. The molecule has 1 aliphatic rings. The van der Waals surface area contributed by atoms with Crippen molar-refractivity contribution in [1.82, 2.24) is 0 Å². The van der Waals surface area contributed by atoms with Crippen molar-refractivity contribution in [3.63, 3.8) is 0 Å². The van der Waals surface area contributed by atoms with Gasteiger partial charge in [0.25, 0.3) is 0 Å². The third-order valence-corrected chi connectivity index (χ3v) is 2.07. The first kappa shape index (κ1) is 8.96. The van der Waals surface area contributed by atoms with Crippen LogP contribution in [-0.4, -0.2) is 11.2 Å². The fourth-order valence-electron chi connectivity index (χ4n) is 1.30. The highest BCUT2D eigenvalue weighted by Gasteiger charge is 2.17. The lowest BCUT2D eigenvalue weighted by Crippen LogP contribution is -2.21. The molecule has 1 rings (SSSR count). The Balaban J connectivity index is 0.000000640. The van der Waals surface area contributed by atoms with Crippen LogP contribution in [0.1, 0.15) is 40.0 Å². The minimum Gasteiger partial charge on any atom is -0.393 e. The number of aliphatic hydroxyl groups excluding tert-OH is 1. The normalized spacial score (nSPS) is 35.3. The van der Waals surface area contributed by atoms with Gasteiger partial charge in [-0.3, -0.25) is 0 Å². The lowest BCUT2D eigenvalue weighted by molar-refractivity contribution is 0.0793. The molecule has 1 nitrogen and oxygen atoms in total. The molecule has 1 heteroatoms. The van der Waals surface area contributed by atoms with Crippen LogP contribution in [0.4, 0.5) is 0 Å². The standard InChI is InChI=1S/C7H14O.CH4/c1-6-4-2-3-5-7(6)8;/h6-8H,2-5H2,1H3;1H4/t6-,7-;/m1./s1. The topological polar surface area (TPSA) is 20.2 Å². The van der Waals surface area contributed by atoms with Crippen LogP contribution in [0.5, 0.6) is 0 Å². The Bertz CT molecular complexity index is 61.0. The SMILES string of the molecule is C.C[C@@H]1CCCC[C@H]1O. The zero-order chi connectivity index (χ0) is 5.98. The second kappa shape index (κ2) is 3.89. The largest absolute Gasteiger partial charge is 0.393 e. The minimum absolute atomic E-state index is 0. The van der Waals surface area contributed by atoms with Crippen LogP contribution in [0.15, 0.2) is 0 Å². The number of rotatable bonds is 0. The van der Waals surface area contributed by atoms with Crippen LogP contribution >= 0.6 is 0 Å². The molecule has 1 saturated carbocycles. The summed E-state index contributed by atoms with van der Waals surface area (Å²) in [5, 5.41) is 9.18. The van der Waals surface area contributed by atoms with E-state index in [0.29, 0.717) is 5.92 Å². The Hall–Kier alpha value is -0.0400. The van der Waals surface area contributed by atoms with E-state index in [9.17, 15) is 5.11 Å². The molecule has 0 radical (unpaired) electrons. The average Bonchev–Trinajstić information content (AvgIpc) is 1.77. The van der Waals surface area contributed by atoms with Crippen molar-refractivity contribution in [3.8, 4) is 0 Å². The first-order valence-corrected chi connectivity index (χ1v) is 3.49. The van der Waals surface area contributed by atoms with E-state index in [4.69, 9.17) is 0 Å². The molecular weight excluding hydrogens is 112 g/mol. The van der Waals surface area contributed by atoms with Crippen LogP contribution in [0.2, 0.25) is 0 Å². The van der Waals surface area contributed by atoms with Crippen LogP contribution < -0.4 is 0 Å². The molecule has 0 saturated heterocycles. The van der Waals surface area contributed by atoms with Gasteiger partial charge in [-0.05, 0) is 18.8 Å². The second-order valence-electron chi connectivity index (χ2n) is 2.83. The summed E-state index contributed by atoms with van der Waals surface area (Å²) in [6.07, 6.45) is 4.80. The maximum absolute atomic E-state index is 9.18. The first-order chi connectivity index (χ1) is 3.80. The molecule has 1 aliphatic carbocycles. The van der Waals surface area contributed by atoms with Gasteiger partial charge in [0, 0.05) is 0 Å². The van der Waals surface area contributed by atoms with Crippen molar-refractivity contribution in [2.75, 3.05) is 0 Å². The fraction of sp³-hybridized carbons (Fsp3) is 1.00. The summed E-state index contributed by atoms with van der Waals surface area (Å²) < 4.78 is 0. The Kier molecular flexibility index (Phi) is 3.87. The van der Waals surface area contributed by atoms with Crippen molar-refractivity contribution in [2.24, 2.45) is 5.92 Å². The first-order valence-electron chi connectivity index (χ1n) is 3.49. The van der Waals surface area contributed by atoms with Gasteiger partial charge in [0.1, 0.15) is 0 Å². The third-order valence-electron chi connectivity index (χ3n) is 2.07. The number of hydrogen-bond acceptors (Lipinski definition) is 1. The lowest BCUT2D eigenvalue weighted by Gasteiger charge is -2.23. The fourth-order valence-corrected chi connectivity index (χ4v) is 1.30. The van der Waals surface area contributed by atoms with E-state index >= 15 is 0 Å². The smallest absolute Gasteiger partial charge is 0.0565 e. The highest BCUT2D eigenvalue weighted by Crippen LogP contribution is 2.22. The summed E-state index contributed by atoms with van der Waals surface area (Å²) in [5.74, 6) is 0.559. The van der Waals surface area contributed by atoms with E-state index in [2.05, 4.69) is 6.92 Å². The summed E-state index contributed by atoms with van der Waals surface area (Å²) in [7, 11) is 0. The molecular formula is C8H18O. The molecule has 56 valence electrons. The van der Waals surface area contributed by atoms with Crippen LogP contribution in [0.3, 0.4) is 0 Å². The van der Waals surface area contributed by atoms with Crippen molar-refractivity contribution < 1.29 is 5.11 Å². The van der Waals surface area contributed by atoms with Crippen molar-refractivity contribution in [2.45, 2.75) is 46.1 Å². The van der Waals surface area contributed by atoms with Crippen LogP contribution in [0, 0.1) is 5.92 Å². The summed E-state index contributed by atoms with van der Waals surface area (Å²) in [4.78, 5) is 0. The van der Waals surface area contributed by atoms with Gasteiger partial charge in [-0.15, -0.1) is 0 Å². The molecule has 9 heavy (non-hydrogen) atoms. The molecule has 2 atom stereocenters. The molecule has 1 N–H and O–H groups in total. The van der Waals surface area contributed by atoms with E-state index < -0.39 is 0 Å². The molecule has 0 heterocycles. The van der Waals surface area contributed by atoms with E-state index in [1.165, 1.54) is 19.3 Å². The van der Waals surface area contributed by atoms with Crippen LogP contribution in [0.25, 0.3) is 0 Å². The van der Waals surface area contributed by atoms with Gasteiger partial charge >= 0.3 is 0 Å². The second-order valence-corrected chi connectivity index (χ2v) is 2.83. The molecule has 0 spiro atoms. The zero-order valence-corrected chi connectivity index (χ0v) is 5.43. The summed E-state index contributed by atoms with van der Waals surface area (Å²) >= 11 is 0. The van der Waals surface area contributed by atoms with Crippen LogP contribution in [-0.2, 0) is 0 Å². The van der Waals surface area contributed by atoms with E-state index in [1.807, 2.05) is 0 Å². The molecule has 0 amide bonds. The maximum Gasteiger partial charge on any atom is 0.0565 e. The Morgan fingerprint density at radius 1 is 1.22 bits per heavy atom. The van der Waals surface area contributed by atoms with Crippen molar-refractivity contribution in [1.29, 1.82) is 0 Å². The Morgan fingerprint density at radius 3 is 2.11 bits per heavy atom. The number of hydrogen-bond donors (Lipinski definition) is 1. The average molecular weight is 130 g/mol. The predicted molar refractivity (Wildman–Crippen MR) is 40.4 cm³/mol. The number of aliphatic hydroxyl groups is 1. The van der Waals surface area contributed by atoms with Gasteiger partial charge in [0.2, 0.25) is 0 Å². The van der Waals surface area contributed by atoms with Crippen molar-refractivity contribution in [3.05, 3.63) is 0 Å². The molecule has 0 unspecified atom stereocenters. The van der Waals surface area contributed by atoms with Gasteiger partial charge < -0.3 is 5.11 Å². The Labute approximate surface area is 58.1 Å². The molecule has 0 aromatic rings. The molecule has 1 fully saturated rings. The van der Waals surface area contributed by atoms with Gasteiger partial charge in [-0.25, -0.2) is 0 Å². The minimum atomic E-state index is 0. The highest BCUT2D eigenvalue weighted by molar-refractivity contribution is 4.69. The van der Waals surface area contributed by atoms with Gasteiger partial charge in [-0.2, -0.15) is 0 Å². The third kappa shape index (κ3) is 2.35. The van der Waals surface area contributed by atoms with Gasteiger partial charge in [0.05, 0.1) is 6.10 Å². The summed E-state index contributed by atoms with van der Waals surface area (Å²) in [6, 6.07) is 0. The molecule has 0 aromatic heterocycles. The van der Waals surface area contributed by atoms with E-state index in [1.54, 1.807) is 0 Å². The molecule has 0 aliphatic heterocycles. The Morgan fingerprint density at radius 2 is 1.78 bits per heavy atom. The quantitative estimate of drug-likeness (QED) is 0.533. The molecule has 0 aromatic carbocycles. The molecule has 0 bridgehead atoms. The predicted octanol–water partition coefficient (Wildman–Crippen LogP) is 2.19. The summed E-state index contributed by atoms with van der Waals surface area (Å²) in [6.45, 7) is 2.13. The highest BCUT2D eigenvalue weighted by atomic mass is 16.3. The van der Waals surface area contributed by atoms with Gasteiger partial charge in [0.15, 0.2) is 0 Å². The van der Waals surface area contributed by atoms with Crippen molar-refractivity contribution >= 4 is 0 Å². The lowest BCUT2D eigenvalue weighted by atomic mass is 9.88. The van der Waals surface area contributed by atoms with E-state index in [-0.39, 0.29) is 13.5 Å².